The Balaban J connectivity index is 1.62. The molecule has 0 amide bonds. The molecule has 1 saturated carbocycles. The van der Waals surface area contributed by atoms with E-state index in [9.17, 15) is 8.78 Å². The molecule has 0 spiro atoms. The minimum absolute atomic E-state index is 0.0481. The lowest BCUT2D eigenvalue weighted by Gasteiger charge is -2.17. The predicted molar refractivity (Wildman–Crippen MR) is 89.1 cm³/mol. The molecule has 1 aliphatic carbocycles. The molecule has 7 nitrogen and oxygen atoms in total. The van der Waals surface area contributed by atoms with Gasteiger partial charge in [-0.1, -0.05) is 5.11 Å². The number of hydrogen-bond donors (Lipinski definition) is 2. The fourth-order valence-corrected chi connectivity index (χ4v) is 2.83. The summed E-state index contributed by atoms with van der Waals surface area (Å²) >= 11 is 0. The number of anilines is 1. The van der Waals surface area contributed by atoms with Crippen LogP contribution in [0.4, 0.5) is 14.5 Å². The molecule has 0 unspecified atom stereocenters. The van der Waals surface area contributed by atoms with Gasteiger partial charge < -0.3 is 20.1 Å². The summed E-state index contributed by atoms with van der Waals surface area (Å²) in [5.74, 6) is 0.886. The third kappa shape index (κ3) is 5.37. The number of ether oxygens (including phenoxy) is 2. The molecule has 2 atom stereocenters. The monoisotopic (exact) mass is 353 g/mol. The van der Waals surface area contributed by atoms with Crippen LogP contribution in [0.1, 0.15) is 19.3 Å². The minimum atomic E-state index is -2.89. The molecule has 0 aromatic heterocycles. The van der Waals surface area contributed by atoms with Crippen LogP contribution in [0.3, 0.4) is 0 Å². The zero-order valence-corrected chi connectivity index (χ0v) is 13.7. The standard InChI is InChI=1S/C16H21F2N5O2/c17-16(18)25-14-4-3-11(6-15(14)24-9-10-1-2-10)22-13-5-12(20-7-13)8-21-23-19/h3-4,6,10,12-13,16,20,22H,1-2,5,7-9H2/t12-,13+/m1/s1. The number of nitrogens with zero attached hydrogens (tertiary/aromatic N) is 3. The number of hydrogen-bond acceptors (Lipinski definition) is 5. The van der Waals surface area contributed by atoms with E-state index >= 15 is 0 Å². The van der Waals surface area contributed by atoms with E-state index < -0.39 is 6.61 Å². The van der Waals surface area contributed by atoms with Gasteiger partial charge >= 0.3 is 6.61 Å². The Kier molecular flexibility index (Phi) is 5.78. The Morgan fingerprint density at radius 3 is 2.92 bits per heavy atom. The van der Waals surface area contributed by atoms with Crippen molar-refractivity contribution < 1.29 is 18.3 Å². The van der Waals surface area contributed by atoms with Gasteiger partial charge in [-0.2, -0.15) is 8.78 Å². The summed E-state index contributed by atoms with van der Waals surface area (Å²) in [7, 11) is 0. The molecule has 2 N–H and O–H groups in total. The summed E-state index contributed by atoms with van der Waals surface area (Å²) < 4.78 is 35.3. The number of azide groups is 1. The van der Waals surface area contributed by atoms with E-state index in [2.05, 4.69) is 25.4 Å². The largest absolute Gasteiger partial charge is 0.489 e. The number of nitrogens with one attached hydrogen (secondary N) is 2. The summed E-state index contributed by atoms with van der Waals surface area (Å²) in [5, 5.41) is 10.2. The average Bonchev–Trinajstić information content (AvgIpc) is 3.31. The van der Waals surface area contributed by atoms with Crippen LogP contribution in [0.25, 0.3) is 10.4 Å². The molecule has 2 fully saturated rings. The lowest BCUT2D eigenvalue weighted by atomic mass is 10.1. The highest BCUT2D eigenvalue weighted by molar-refractivity contribution is 5.55. The van der Waals surface area contributed by atoms with Gasteiger partial charge in [-0.05, 0) is 42.8 Å². The third-order valence-electron chi connectivity index (χ3n) is 4.29. The third-order valence-corrected chi connectivity index (χ3v) is 4.29. The van der Waals surface area contributed by atoms with Crippen LogP contribution >= 0.6 is 0 Å². The van der Waals surface area contributed by atoms with Crippen molar-refractivity contribution in [2.24, 2.45) is 11.0 Å². The Labute approximate surface area is 144 Å². The van der Waals surface area contributed by atoms with Crippen molar-refractivity contribution in [1.29, 1.82) is 0 Å². The van der Waals surface area contributed by atoms with Crippen molar-refractivity contribution >= 4 is 5.69 Å². The topological polar surface area (TPSA) is 91.3 Å². The Bertz CT molecular complexity index is 635. The van der Waals surface area contributed by atoms with Crippen LogP contribution in [-0.4, -0.2) is 38.4 Å². The zero-order valence-electron chi connectivity index (χ0n) is 13.7. The van der Waals surface area contributed by atoms with Gasteiger partial charge in [0.1, 0.15) is 0 Å². The molecule has 136 valence electrons. The van der Waals surface area contributed by atoms with E-state index in [4.69, 9.17) is 10.3 Å². The van der Waals surface area contributed by atoms with E-state index in [0.29, 0.717) is 24.8 Å². The van der Waals surface area contributed by atoms with Crippen molar-refractivity contribution in [2.75, 3.05) is 25.0 Å². The maximum Gasteiger partial charge on any atom is 0.387 e. The van der Waals surface area contributed by atoms with Crippen LogP contribution in [0, 0.1) is 5.92 Å². The number of rotatable bonds is 9. The van der Waals surface area contributed by atoms with Crippen molar-refractivity contribution in [3.05, 3.63) is 28.6 Å². The lowest BCUT2D eigenvalue weighted by molar-refractivity contribution is -0.0515. The molecular formula is C16H21F2N5O2. The van der Waals surface area contributed by atoms with Gasteiger partial charge in [0.25, 0.3) is 0 Å². The minimum Gasteiger partial charge on any atom is -0.489 e. The Hall–Kier alpha value is -2.25. The second-order valence-electron chi connectivity index (χ2n) is 6.39. The fraction of sp³-hybridized carbons (Fsp3) is 0.625. The molecule has 1 heterocycles. The van der Waals surface area contributed by atoms with Crippen LogP contribution < -0.4 is 20.1 Å². The van der Waals surface area contributed by atoms with Crippen LogP contribution in [-0.2, 0) is 0 Å². The Morgan fingerprint density at radius 2 is 2.20 bits per heavy atom. The molecule has 0 bridgehead atoms. The first-order chi connectivity index (χ1) is 12.1. The van der Waals surface area contributed by atoms with Crippen molar-refractivity contribution in [3.8, 4) is 11.5 Å². The highest BCUT2D eigenvalue weighted by Crippen LogP contribution is 2.35. The SMILES string of the molecule is [N-]=[N+]=NC[C@H]1C[C@H](Nc2ccc(OC(F)F)c(OCC3CC3)c2)CN1. The van der Waals surface area contributed by atoms with Gasteiger partial charge in [0.2, 0.25) is 0 Å². The van der Waals surface area contributed by atoms with Crippen LogP contribution in [0.2, 0.25) is 0 Å². The zero-order chi connectivity index (χ0) is 17.6. The quantitative estimate of drug-likeness (QED) is 0.404. The van der Waals surface area contributed by atoms with Crippen LogP contribution in [0.15, 0.2) is 23.3 Å². The fourth-order valence-electron chi connectivity index (χ4n) is 2.83. The number of benzene rings is 1. The highest BCUT2D eigenvalue weighted by Gasteiger charge is 2.25. The molecule has 9 heteroatoms. The summed E-state index contributed by atoms with van der Waals surface area (Å²) in [6, 6.07) is 5.19. The van der Waals surface area contributed by atoms with Gasteiger partial charge in [0, 0.05) is 41.8 Å². The molecule has 25 heavy (non-hydrogen) atoms. The maximum atomic E-state index is 12.5. The second-order valence-corrected chi connectivity index (χ2v) is 6.39. The Morgan fingerprint density at radius 1 is 1.36 bits per heavy atom. The normalized spacial score (nSPS) is 22.5. The maximum absolute atomic E-state index is 12.5. The first-order valence-corrected chi connectivity index (χ1v) is 8.36. The van der Waals surface area contributed by atoms with Gasteiger partial charge in [0.05, 0.1) is 6.61 Å². The van der Waals surface area contributed by atoms with E-state index in [1.165, 1.54) is 6.07 Å². The molecule has 1 aromatic rings. The molecule has 1 aromatic carbocycles. The molecule has 0 radical (unpaired) electrons. The smallest absolute Gasteiger partial charge is 0.387 e. The van der Waals surface area contributed by atoms with Crippen LogP contribution in [0.5, 0.6) is 11.5 Å². The van der Waals surface area contributed by atoms with Gasteiger partial charge in [-0.25, -0.2) is 0 Å². The average molecular weight is 353 g/mol. The van der Waals surface area contributed by atoms with E-state index in [0.717, 1.165) is 31.5 Å². The van der Waals surface area contributed by atoms with Gasteiger partial charge in [-0.3, -0.25) is 0 Å². The molecule has 2 aliphatic rings. The van der Waals surface area contributed by atoms with E-state index in [1.807, 2.05) is 0 Å². The molecule has 1 aliphatic heterocycles. The summed E-state index contributed by atoms with van der Waals surface area (Å²) in [6.07, 6.45) is 3.04. The van der Waals surface area contributed by atoms with Crippen molar-refractivity contribution in [3.63, 3.8) is 0 Å². The predicted octanol–water partition coefficient (Wildman–Crippen LogP) is 3.53. The molecule has 1 saturated heterocycles. The lowest BCUT2D eigenvalue weighted by Crippen LogP contribution is -2.24. The number of halogens is 2. The first-order valence-electron chi connectivity index (χ1n) is 8.36. The first kappa shape index (κ1) is 17.6. The van der Waals surface area contributed by atoms with Crippen molar-refractivity contribution in [2.45, 2.75) is 38.0 Å². The second kappa shape index (κ2) is 8.22. The van der Waals surface area contributed by atoms with E-state index in [-0.39, 0.29) is 17.8 Å². The van der Waals surface area contributed by atoms with E-state index in [1.54, 1.807) is 12.1 Å². The summed E-state index contributed by atoms with van der Waals surface area (Å²) in [4.78, 5) is 2.77. The summed E-state index contributed by atoms with van der Waals surface area (Å²) in [6.45, 7) is -1.23. The number of alkyl halides is 2. The summed E-state index contributed by atoms with van der Waals surface area (Å²) in [5.41, 5.74) is 9.16. The van der Waals surface area contributed by atoms with Crippen molar-refractivity contribution in [1.82, 2.24) is 5.32 Å². The highest BCUT2D eigenvalue weighted by atomic mass is 19.3. The molecule has 3 rings (SSSR count). The van der Waals surface area contributed by atoms with Gasteiger partial charge in [-0.15, -0.1) is 0 Å². The van der Waals surface area contributed by atoms with Gasteiger partial charge in [0.15, 0.2) is 11.5 Å². The molecular weight excluding hydrogens is 332 g/mol.